The van der Waals surface area contributed by atoms with E-state index in [1.54, 1.807) is 6.92 Å². The normalized spacial score (nSPS) is 21.5. The smallest absolute Gasteiger partial charge is 0.305 e. The average molecular weight is 226 g/mol. The van der Waals surface area contributed by atoms with Gasteiger partial charge in [0.25, 0.3) is 0 Å². The Labute approximate surface area is 97.8 Å². The van der Waals surface area contributed by atoms with Gasteiger partial charge in [0.2, 0.25) is 0 Å². The first kappa shape index (κ1) is 13.2. The number of hydrogen-bond acceptors (Lipinski definition) is 3. The van der Waals surface area contributed by atoms with E-state index in [2.05, 4.69) is 26.8 Å². The Morgan fingerprint density at radius 3 is 2.88 bits per heavy atom. The number of carbonyl (C=O) groups excluding carboxylic acids is 1. The van der Waals surface area contributed by atoms with Crippen molar-refractivity contribution in [1.29, 1.82) is 0 Å². The van der Waals surface area contributed by atoms with Gasteiger partial charge in [-0.25, -0.2) is 0 Å². The van der Waals surface area contributed by atoms with E-state index >= 15 is 0 Å². The van der Waals surface area contributed by atoms with Crippen LogP contribution in [-0.2, 0) is 14.3 Å². The van der Waals surface area contributed by atoms with Crippen LogP contribution in [0.4, 0.5) is 0 Å². The fraction of sp³-hybridized carbons (Fsp3) is 0.769. The summed E-state index contributed by atoms with van der Waals surface area (Å²) in [6, 6.07) is 0. The summed E-state index contributed by atoms with van der Waals surface area (Å²) in [6.45, 7) is 9.22. The van der Waals surface area contributed by atoms with Crippen LogP contribution in [0.5, 0.6) is 0 Å². The summed E-state index contributed by atoms with van der Waals surface area (Å²) in [4.78, 5) is 11.1. The predicted molar refractivity (Wildman–Crippen MR) is 63.1 cm³/mol. The van der Waals surface area contributed by atoms with Crippen LogP contribution in [0.2, 0.25) is 0 Å². The molecular weight excluding hydrogens is 204 g/mol. The molecule has 0 N–H and O–H groups in total. The van der Waals surface area contributed by atoms with Crippen LogP contribution in [0, 0.1) is 5.41 Å². The van der Waals surface area contributed by atoms with Crippen molar-refractivity contribution in [3.8, 4) is 0 Å². The van der Waals surface area contributed by atoms with Crippen LogP contribution in [0.25, 0.3) is 0 Å². The summed E-state index contributed by atoms with van der Waals surface area (Å²) in [5, 5.41) is 0. The predicted octanol–water partition coefficient (Wildman–Crippen LogP) is 2.70. The van der Waals surface area contributed by atoms with Gasteiger partial charge < -0.3 is 9.47 Å². The van der Waals surface area contributed by atoms with Gasteiger partial charge in [0.05, 0.1) is 19.3 Å². The van der Waals surface area contributed by atoms with Gasteiger partial charge in [-0.3, -0.25) is 4.79 Å². The molecule has 1 aliphatic heterocycles. The third kappa shape index (κ3) is 3.63. The molecule has 3 nitrogen and oxygen atoms in total. The molecule has 1 heterocycles. The second kappa shape index (κ2) is 5.48. The molecule has 0 aromatic rings. The van der Waals surface area contributed by atoms with Crippen molar-refractivity contribution < 1.29 is 14.3 Å². The first-order chi connectivity index (χ1) is 7.45. The van der Waals surface area contributed by atoms with E-state index in [9.17, 15) is 4.79 Å². The van der Waals surface area contributed by atoms with Crippen LogP contribution < -0.4 is 0 Å². The lowest BCUT2D eigenvalue weighted by Gasteiger charge is -2.34. The summed E-state index contributed by atoms with van der Waals surface area (Å²) < 4.78 is 10.9. The Morgan fingerprint density at radius 2 is 2.31 bits per heavy atom. The van der Waals surface area contributed by atoms with E-state index in [0.29, 0.717) is 13.0 Å². The largest absolute Gasteiger partial charge is 0.465 e. The molecule has 0 aromatic carbocycles. The number of ether oxygens (including phenoxy) is 2. The molecule has 1 atom stereocenters. The van der Waals surface area contributed by atoms with Crippen molar-refractivity contribution in [3.05, 3.63) is 11.6 Å². The van der Waals surface area contributed by atoms with Gasteiger partial charge in [0, 0.05) is 11.8 Å². The van der Waals surface area contributed by atoms with E-state index in [1.807, 2.05) is 0 Å². The highest BCUT2D eigenvalue weighted by Gasteiger charge is 2.31. The second-order valence-corrected chi connectivity index (χ2v) is 5.06. The molecule has 0 bridgehead atoms. The molecule has 16 heavy (non-hydrogen) atoms. The molecule has 1 unspecified atom stereocenters. The highest BCUT2D eigenvalue weighted by molar-refractivity contribution is 5.68. The summed E-state index contributed by atoms with van der Waals surface area (Å²) in [6.07, 6.45) is 3.62. The minimum absolute atomic E-state index is 0.0471. The van der Waals surface area contributed by atoms with E-state index in [-0.39, 0.29) is 17.5 Å². The molecule has 0 fully saturated rings. The molecule has 0 spiro atoms. The summed E-state index contributed by atoms with van der Waals surface area (Å²) in [5.74, 6) is -0.149. The second-order valence-electron chi connectivity index (χ2n) is 5.06. The van der Waals surface area contributed by atoms with Gasteiger partial charge in [-0.1, -0.05) is 32.4 Å². The van der Waals surface area contributed by atoms with E-state index < -0.39 is 0 Å². The van der Waals surface area contributed by atoms with Gasteiger partial charge >= 0.3 is 5.97 Å². The summed E-state index contributed by atoms with van der Waals surface area (Å²) >= 11 is 0. The van der Waals surface area contributed by atoms with Crippen LogP contribution in [-0.4, -0.2) is 25.3 Å². The maximum atomic E-state index is 11.1. The lowest BCUT2D eigenvalue weighted by atomic mass is 9.85. The quantitative estimate of drug-likeness (QED) is 0.546. The Morgan fingerprint density at radius 1 is 1.62 bits per heavy atom. The van der Waals surface area contributed by atoms with E-state index in [4.69, 9.17) is 9.47 Å². The fourth-order valence-electron chi connectivity index (χ4n) is 1.64. The number of rotatable bonds is 4. The standard InChI is InChI=1S/C13H22O3/c1-5-12(14)16-9-13(3,4)11-8-10(2)6-7-15-11/h8,11H,5-7,9H2,1-4H3. The Bertz CT molecular complexity index is 279. The first-order valence-corrected chi connectivity index (χ1v) is 5.90. The van der Waals surface area contributed by atoms with Crippen LogP contribution in [0.1, 0.15) is 40.5 Å². The fourth-order valence-corrected chi connectivity index (χ4v) is 1.64. The summed E-state index contributed by atoms with van der Waals surface area (Å²) in [7, 11) is 0. The van der Waals surface area contributed by atoms with Crippen molar-refractivity contribution >= 4 is 5.97 Å². The van der Waals surface area contributed by atoms with Crippen molar-refractivity contribution in [3.63, 3.8) is 0 Å². The lowest BCUT2D eigenvalue weighted by Crippen LogP contribution is -2.37. The topological polar surface area (TPSA) is 35.5 Å². The van der Waals surface area contributed by atoms with Gasteiger partial charge in [0.1, 0.15) is 0 Å². The zero-order valence-corrected chi connectivity index (χ0v) is 10.7. The van der Waals surface area contributed by atoms with Crippen molar-refractivity contribution in [2.75, 3.05) is 13.2 Å². The molecule has 0 saturated carbocycles. The Balaban J connectivity index is 2.55. The van der Waals surface area contributed by atoms with Gasteiger partial charge in [-0.2, -0.15) is 0 Å². The Kier molecular flexibility index (Phi) is 4.54. The third-order valence-corrected chi connectivity index (χ3v) is 2.89. The maximum absolute atomic E-state index is 11.1. The van der Waals surface area contributed by atoms with Crippen LogP contribution >= 0.6 is 0 Å². The first-order valence-electron chi connectivity index (χ1n) is 5.90. The van der Waals surface area contributed by atoms with E-state index in [1.165, 1.54) is 5.57 Å². The van der Waals surface area contributed by atoms with Gasteiger partial charge in [-0.05, 0) is 13.3 Å². The number of esters is 1. The minimum atomic E-state index is -0.160. The SMILES string of the molecule is CCC(=O)OCC(C)(C)C1C=C(C)CCO1. The number of hydrogen-bond donors (Lipinski definition) is 0. The van der Waals surface area contributed by atoms with Crippen molar-refractivity contribution in [2.24, 2.45) is 5.41 Å². The Hall–Kier alpha value is -0.830. The van der Waals surface area contributed by atoms with E-state index in [0.717, 1.165) is 13.0 Å². The van der Waals surface area contributed by atoms with Crippen LogP contribution in [0.3, 0.4) is 0 Å². The highest BCUT2D eigenvalue weighted by Crippen LogP contribution is 2.29. The zero-order chi connectivity index (χ0) is 12.2. The molecule has 0 radical (unpaired) electrons. The molecule has 0 saturated heterocycles. The average Bonchev–Trinajstić information content (AvgIpc) is 2.26. The molecule has 0 aromatic heterocycles. The van der Waals surface area contributed by atoms with Gasteiger partial charge in [0.15, 0.2) is 0 Å². The third-order valence-electron chi connectivity index (χ3n) is 2.89. The summed E-state index contributed by atoms with van der Waals surface area (Å²) in [5.41, 5.74) is 1.19. The molecular formula is C13H22O3. The molecule has 1 aliphatic rings. The lowest BCUT2D eigenvalue weighted by molar-refractivity contribution is -0.149. The molecule has 92 valence electrons. The molecule has 0 aliphatic carbocycles. The van der Waals surface area contributed by atoms with Crippen molar-refractivity contribution in [1.82, 2.24) is 0 Å². The molecule has 1 rings (SSSR count). The number of carbonyl (C=O) groups is 1. The van der Waals surface area contributed by atoms with Crippen molar-refractivity contribution in [2.45, 2.75) is 46.6 Å². The highest BCUT2D eigenvalue weighted by atomic mass is 16.5. The monoisotopic (exact) mass is 226 g/mol. The zero-order valence-electron chi connectivity index (χ0n) is 10.7. The maximum Gasteiger partial charge on any atom is 0.305 e. The molecule has 0 amide bonds. The molecule has 3 heteroatoms. The van der Waals surface area contributed by atoms with Crippen LogP contribution in [0.15, 0.2) is 11.6 Å². The minimum Gasteiger partial charge on any atom is -0.465 e. The van der Waals surface area contributed by atoms with Gasteiger partial charge in [-0.15, -0.1) is 0 Å².